The first-order valence-electron chi connectivity index (χ1n) is 9.06. The topological polar surface area (TPSA) is 49.6 Å². The molecule has 2 N–H and O–H groups in total. The minimum absolute atomic E-state index is 0.0407. The van der Waals surface area contributed by atoms with Crippen molar-refractivity contribution in [3.05, 3.63) is 65.7 Å². The molecule has 2 aliphatic rings. The van der Waals surface area contributed by atoms with E-state index in [9.17, 15) is 4.79 Å². The molecule has 4 nitrogen and oxygen atoms in total. The number of rotatable bonds is 3. The second-order valence-electron chi connectivity index (χ2n) is 7.26. The largest absolute Gasteiger partial charge is 0.326 e. The molecule has 2 saturated heterocycles. The minimum atomic E-state index is -0.0407. The van der Waals surface area contributed by atoms with Crippen LogP contribution in [0.1, 0.15) is 23.5 Å². The third kappa shape index (κ3) is 3.08. The lowest BCUT2D eigenvalue weighted by Crippen LogP contribution is -2.41. The predicted molar refractivity (Wildman–Crippen MR) is 101 cm³/mol. The van der Waals surface area contributed by atoms with Gasteiger partial charge in [0.05, 0.1) is 6.04 Å². The van der Waals surface area contributed by atoms with Gasteiger partial charge in [-0.15, -0.1) is 0 Å². The van der Waals surface area contributed by atoms with E-state index in [-0.39, 0.29) is 18.0 Å². The van der Waals surface area contributed by atoms with Crippen LogP contribution in [0.4, 0.5) is 5.69 Å². The lowest BCUT2D eigenvalue weighted by Gasteiger charge is -2.23. The number of hydrogen-bond donors (Lipinski definition) is 1. The molecule has 2 aromatic carbocycles. The quantitative estimate of drug-likeness (QED) is 0.938. The number of nitrogens with two attached hydrogens (primary N) is 1. The highest BCUT2D eigenvalue weighted by Crippen LogP contribution is 2.32. The van der Waals surface area contributed by atoms with Crippen LogP contribution in [0, 0.1) is 6.92 Å². The van der Waals surface area contributed by atoms with Gasteiger partial charge >= 0.3 is 0 Å². The summed E-state index contributed by atoms with van der Waals surface area (Å²) in [5.41, 5.74) is 9.90. The highest BCUT2D eigenvalue weighted by Gasteiger charge is 2.42. The van der Waals surface area contributed by atoms with Gasteiger partial charge in [-0.1, -0.05) is 48.0 Å². The van der Waals surface area contributed by atoms with Crippen molar-refractivity contribution < 1.29 is 4.79 Å². The maximum Gasteiger partial charge on any atom is 0.244 e. The van der Waals surface area contributed by atoms with Crippen LogP contribution in [0.2, 0.25) is 0 Å². The van der Waals surface area contributed by atoms with Crippen LogP contribution < -0.4 is 10.6 Å². The molecule has 0 spiro atoms. The molecule has 0 bridgehead atoms. The van der Waals surface area contributed by atoms with Crippen LogP contribution in [-0.4, -0.2) is 42.5 Å². The molecule has 2 fully saturated rings. The maximum absolute atomic E-state index is 13.0. The molecule has 2 aliphatic heterocycles. The molecule has 0 saturated carbocycles. The summed E-state index contributed by atoms with van der Waals surface area (Å²) in [7, 11) is 0. The van der Waals surface area contributed by atoms with E-state index in [2.05, 4.69) is 48.2 Å². The fourth-order valence-corrected chi connectivity index (χ4v) is 4.15. The molecule has 25 heavy (non-hydrogen) atoms. The molecule has 0 aromatic heterocycles. The van der Waals surface area contributed by atoms with E-state index < -0.39 is 0 Å². The highest BCUT2D eigenvalue weighted by atomic mass is 16.2. The van der Waals surface area contributed by atoms with Crippen molar-refractivity contribution in [2.75, 3.05) is 24.5 Å². The number of carbonyl (C=O) groups is 1. The molecular weight excluding hydrogens is 310 g/mol. The van der Waals surface area contributed by atoms with E-state index in [4.69, 9.17) is 5.73 Å². The van der Waals surface area contributed by atoms with Gasteiger partial charge in [-0.3, -0.25) is 9.69 Å². The Hall–Kier alpha value is -2.17. The van der Waals surface area contributed by atoms with Gasteiger partial charge in [-0.2, -0.15) is 0 Å². The molecule has 1 amide bonds. The highest BCUT2D eigenvalue weighted by molar-refractivity contribution is 5.99. The Bertz CT molecular complexity index is 743. The molecule has 130 valence electrons. The van der Waals surface area contributed by atoms with Crippen LogP contribution in [0.25, 0.3) is 0 Å². The van der Waals surface area contributed by atoms with Crippen molar-refractivity contribution in [3.63, 3.8) is 0 Å². The standard InChI is InChI=1S/C21H25N3O/c1-15-7-9-17(10-8-15)24-12-11-20(21(24)25)23-13-18(19(22)14-23)16-5-3-2-4-6-16/h2-10,18-20H,11-14,22H2,1H3/t18-,19+,20?/m0/s1. The van der Waals surface area contributed by atoms with E-state index >= 15 is 0 Å². The first-order valence-corrected chi connectivity index (χ1v) is 9.06. The van der Waals surface area contributed by atoms with Gasteiger partial charge in [-0.25, -0.2) is 0 Å². The van der Waals surface area contributed by atoms with Crippen LogP contribution in [0.15, 0.2) is 54.6 Å². The number of nitrogens with zero attached hydrogens (tertiary/aromatic N) is 2. The molecule has 4 rings (SSSR count). The van der Waals surface area contributed by atoms with E-state index in [1.807, 2.05) is 23.1 Å². The normalized spacial score (nSPS) is 27.2. The summed E-state index contributed by atoms with van der Waals surface area (Å²) >= 11 is 0. The average Bonchev–Trinajstić information content (AvgIpc) is 3.19. The monoisotopic (exact) mass is 335 g/mol. The van der Waals surface area contributed by atoms with Crippen molar-refractivity contribution in [1.29, 1.82) is 0 Å². The molecule has 0 aliphatic carbocycles. The van der Waals surface area contributed by atoms with Crippen LogP contribution in [-0.2, 0) is 4.79 Å². The van der Waals surface area contributed by atoms with E-state index in [1.165, 1.54) is 11.1 Å². The van der Waals surface area contributed by atoms with Gasteiger partial charge in [0, 0.05) is 37.3 Å². The van der Waals surface area contributed by atoms with Crippen molar-refractivity contribution >= 4 is 11.6 Å². The van der Waals surface area contributed by atoms with Crippen molar-refractivity contribution in [2.45, 2.75) is 31.3 Å². The minimum Gasteiger partial charge on any atom is -0.326 e. The first-order chi connectivity index (χ1) is 12.1. The summed E-state index contributed by atoms with van der Waals surface area (Å²) in [6.07, 6.45) is 0.876. The number of anilines is 1. The first kappa shape index (κ1) is 16.3. The maximum atomic E-state index is 13.0. The Labute approximate surface area is 149 Å². The molecule has 4 heteroatoms. The summed E-state index contributed by atoms with van der Waals surface area (Å²) in [5, 5.41) is 0. The Morgan fingerprint density at radius 3 is 2.44 bits per heavy atom. The second kappa shape index (κ2) is 6.62. The third-order valence-electron chi connectivity index (χ3n) is 5.58. The Morgan fingerprint density at radius 1 is 1.00 bits per heavy atom. The smallest absolute Gasteiger partial charge is 0.244 e. The summed E-state index contributed by atoms with van der Waals surface area (Å²) < 4.78 is 0. The molecule has 2 heterocycles. The fourth-order valence-electron chi connectivity index (χ4n) is 4.15. The Morgan fingerprint density at radius 2 is 1.72 bits per heavy atom. The van der Waals surface area contributed by atoms with Crippen LogP contribution in [0.5, 0.6) is 0 Å². The van der Waals surface area contributed by atoms with E-state index in [1.54, 1.807) is 0 Å². The second-order valence-corrected chi connectivity index (χ2v) is 7.26. The van der Waals surface area contributed by atoms with E-state index in [0.29, 0.717) is 5.92 Å². The number of carbonyl (C=O) groups excluding carboxylic acids is 1. The number of aryl methyl sites for hydroxylation is 1. The van der Waals surface area contributed by atoms with Gasteiger partial charge < -0.3 is 10.6 Å². The summed E-state index contributed by atoms with van der Waals surface area (Å²) in [6.45, 7) is 4.50. The van der Waals surface area contributed by atoms with Gasteiger partial charge in [0.2, 0.25) is 5.91 Å². The summed E-state index contributed by atoms with van der Waals surface area (Å²) in [5.74, 6) is 0.521. The zero-order valence-electron chi connectivity index (χ0n) is 14.6. The third-order valence-corrected chi connectivity index (χ3v) is 5.58. The molecule has 2 aromatic rings. The van der Waals surface area contributed by atoms with Crippen LogP contribution in [0.3, 0.4) is 0 Å². The van der Waals surface area contributed by atoms with Gasteiger partial charge in [0.15, 0.2) is 0 Å². The predicted octanol–water partition coefficient (Wildman–Crippen LogP) is 2.53. The number of hydrogen-bond acceptors (Lipinski definition) is 3. The Kier molecular flexibility index (Phi) is 4.32. The lowest BCUT2D eigenvalue weighted by molar-refractivity contribution is -0.121. The van der Waals surface area contributed by atoms with Gasteiger partial charge in [0.1, 0.15) is 0 Å². The molecule has 3 atom stereocenters. The van der Waals surface area contributed by atoms with Gasteiger partial charge in [-0.05, 0) is 31.0 Å². The van der Waals surface area contributed by atoms with Crippen LogP contribution >= 0.6 is 0 Å². The number of likely N-dealkylation sites (tertiary alicyclic amines) is 1. The average molecular weight is 335 g/mol. The molecule has 1 unspecified atom stereocenters. The lowest BCUT2D eigenvalue weighted by atomic mass is 9.95. The summed E-state index contributed by atoms with van der Waals surface area (Å²) in [6, 6.07) is 18.7. The van der Waals surface area contributed by atoms with Crippen molar-refractivity contribution in [3.8, 4) is 0 Å². The van der Waals surface area contributed by atoms with Crippen molar-refractivity contribution in [2.24, 2.45) is 5.73 Å². The molecular formula is C21H25N3O. The summed E-state index contributed by atoms with van der Waals surface area (Å²) in [4.78, 5) is 17.2. The fraction of sp³-hybridized carbons (Fsp3) is 0.381. The molecule has 0 radical (unpaired) electrons. The zero-order valence-corrected chi connectivity index (χ0v) is 14.6. The Balaban J connectivity index is 1.48. The number of benzene rings is 2. The van der Waals surface area contributed by atoms with Crippen molar-refractivity contribution in [1.82, 2.24) is 4.90 Å². The SMILES string of the molecule is Cc1ccc(N2CCC(N3C[C@@H](N)[C@H](c4ccccc4)C3)C2=O)cc1. The van der Waals surface area contributed by atoms with Gasteiger partial charge in [0.25, 0.3) is 0 Å². The zero-order chi connectivity index (χ0) is 17.4. The number of amides is 1. The van der Waals surface area contributed by atoms with E-state index in [0.717, 1.165) is 31.7 Å².